The summed E-state index contributed by atoms with van der Waals surface area (Å²) in [4.78, 5) is 9.98. The van der Waals surface area contributed by atoms with Gasteiger partial charge in [0.05, 0.1) is 23.1 Å². The molecule has 0 radical (unpaired) electrons. The molecule has 0 bridgehead atoms. The number of nitrogens with zero attached hydrogens (tertiary/aromatic N) is 4. The van der Waals surface area contributed by atoms with Gasteiger partial charge in [-0.05, 0) is 17.7 Å². The summed E-state index contributed by atoms with van der Waals surface area (Å²) in [5.41, 5.74) is 1.49. The second-order valence-corrected chi connectivity index (χ2v) is 3.46. The molecule has 6 heteroatoms. The highest BCUT2D eigenvalue weighted by Crippen LogP contribution is 2.10. The van der Waals surface area contributed by atoms with Crippen LogP contribution >= 0.6 is 0 Å². The standard InChI is InChI=1S/C11H8N4O2/c12-5-9-1-3-10(4-2-9)7-14-8-11(6-13-14)15(16)17/h1-4,6,8H,7H2. The van der Waals surface area contributed by atoms with Gasteiger partial charge >= 0.3 is 5.69 Å². The molecule has 6 nitrogen and oxygen atoms in total. The zero-order valence-electron chi connectivity index (χ0n) is 8.78. The zero-order chi connectivity index (χ0) is 12.3. The fourth-order valence-corrected chi connectivity index (χ4v) is 1.41. The molecule has 0 aliphatic carbocycles. The van der Waals surface area contributed by atoms with Crippen LogP contribution in [0, 0.1) is 21.4 Å². The molecule has 84 valence electrons. The third-order valence-corrected chi connectivity index (χ3v) is 2.26. The molecule has 0 spiro atoms. The van der Waals surface area contributed by atoms with Gasteiger partial charge in [0.1, 0.15) is 12.4 Å². The average Bonchev–Trinajstić information content (AvgIpc) is 2.79. The molecule has 0 saturated heterocycles. The number of aromatic nitrogens is 2. The Morgan fingerprint density at radius 1 is 1.41 bits per heavy atom. The molecule has 0 saturated carbocycles. The van der Waals surface area contributed by atoms with Gasteiger partial charge in [-0.2, -0.15) is 10.4 Å². The Bertz CT molecular complexity index is 580. The van der Waals surface area contributed by atoms with Gasteiger partial charge in [-0.25, -0.2) is 0 Å². The molecular formula is C11H8N4O2. The van der Waals surface area contributed by atoms with Crippen LogP contribution in [-0.2, 0) is 6.54 Å². The summed E-state index contributed by atoms with van der Waals surface area (Å²) in [6.07, 6.45) is 2.59. The summed E-state index contributed by atoms with van der Waals surface area (Å²) in [5, 5.41) is 23.0. The second-order valence-electron chi connectivity index (χ2n) is 3.46. The second kappa shape index (κ2) is 4.45. The van der Waals surface area contributed by atoms with Crippen molar-refractivity contribution in [3.05, 3.63) is 57.9 Å². The first-order valence-electron chi connectivity index (χ1n) is 4.85. The lowest BCUT2D eigenvalue weighted by Crippen LogP contribution is -1.99. The summed E-state index contributed by atoms with van der Waals surface area (Å²) in [6, 6.07) is 9.02. The van der Waals surface area contributed by atoms with Crippen molar-refractivity contribution in [3.8, 4) is 6.07 Å². The number of nitriles is 1. The maximum absolute atomic E-state index is 10.5. The van der Waals surface area contributed by atoms with Crippen LogP contribution in [0.3, 0.4) is 0 Å². The molecule has 0 N–H and O–H groups in total. The van der Waals surface area contributed by atoms with Gasteiger partial charge in [-0.1, -0.05) is 12.1 Å². The van der Waals surface area contributed by atoms with Gasteiger partial charge in [-0.3, -0.25) is 14.8 Å². The Labute approximate surface area is 96.9 Å². The van der Waals surface area contributed by atoms with Crippen LogP contribution in [0.2, 0.25) is 0 Å². The lowest BCUT2D eigenvalue weighted by molar-refractivity contribution is -0.385. The van der Waals surface area contributed by atoms with E-state index >= 15 is 0 Å². The van der Waals surface area contributed by atoms with Crippen molar-refractivity contribution < 1.29 is 4.92 Å². The molecule has 0 fully saturated rings. The normalized spacial score (nSPS) is 9.82. The highest BCUT2D eigenvalue weighted by Gasteiger charge is 2.08. The summed E-state index contributed by atoms with van der Waals surface area (Å²) < 4.78 is 1.49. The quantitative estimate of drug-likeness (QED) is 0.591. The number of hydrogen-bond acceptors (Lipinski definition) is 4. The largest absolute Gasteiger partial charge is 0.307 e. The minimum atomic E-state index is -0.484. The van der Waals surface area contributed by atoms with Crippen LogP contribution in [0.15, 0.2) is 36.7 Å². The van der Waals surface area contributed by atoms with Gasteiger partial charge in [0.25, 0.3) is 0 Å². The molecule has 2 rings (SSSR count). The summed E-state index contributed by atoms with van der Waals surface area (Å²) >= 11 is 0. The fraction of sp³-hybridized carbons (Fsp3) is 0.0909. The molecule has 1 aromatic heterocycles. The number of nitro groups is 1. The van der Waals surface area contributed by atoms with Crippen LogP contribution in [-0.4, -0.2) is 14.7 Å². The van der Waals surface area contributed by atoms with Crippen molar-refractivity contribution >= 4 is 5.69 Å². The first-order chi connectivity index (χ1) is 8.19. The third-order valence-electron chi connectivity index (χ3n) is 2.26. The fourth-order valence-electron chi connectivity index (χ4n) is 1.41. The predicted molar refractivity (Wildman–Crippen MR) is 59.1 cm³/mol. The minimum absolute atomic E-state index is 0.0290. The highest BCUT2D eigenvalue weighted by molar-refractivity contribution is 5.32. The molecule has 0 unspecified atom stereocenters. The maximum Gasteiger partial charge on any atom is 0.307 e. The van der Waals surface area contributed by atoms with E-state index in [1.165, 1.54) is 17.1 Å². The Balaban J connectivity index is 2.14. The molecule has 0 aliphatic rings. The van der Waals surface area contributed by atoms with Gasteiger partial charge in [0, 0.05) is 0 Å². The van der Waals surface area contributed by atoms with E-state index in [9.17, 15) is 10.1 Å². The lowest BCUT2D eigenvalue weighted by Gasteiger charge is -2.00. The molecule has 0 aliphatic heterocycles. The van der Waals surface area contributed by atoms with Crippen molar-refractivity contribution in [1.82, 2.24) is 9.78 Å². The van der Waals surface area contributed by atoms with Gasteiger partial charge in [-0.15, -0.1) is 0 Å². The van der Waals surface area contributed by atoms with Crippen LogP contribution in [0.25, 0.3) is 0 Å². The molecule has 17 heavy (non-hydrogen) atoms. The Morgan fingerprint density at radius 2 is 2.12 bits per heavy atom. The first kappa shape index (κ1) is 10.8. The average molecular weight is 228 g/mol. The van der Waals surface area contributed by atoms with E-state index in [0.717, 1.165) is 5.56 Å². The monoisotopic (exact) mass is 228 g/mol. The smallest absolute Gasteiger partial charge is 0.261 e. The van der Waals surface area contributed by atoms with E-state index in [0.29, 0.717) is 12.1 Å². The van der Waals surface area contributed by atoms with Gasteiger partial charge < -0.3 is 0 Å². The Morgan fingerprint density at radius 3 is 2.65 bits per heavy atom. The van der Waals surface area contributed by atoms with Gasteiger partial charge in [0.15, 0.2) is 0 Å². The molecule has 1 heterocycles. The van der Waals surface area contributed by atoms with Crippen molar-refractivity contribution in [1.29, 1.82) is 5.26 Å². The molecule has 1 aromatic carbocycles. The minimum Gasteiger partial charge on any atom is -0.261 e. The van der Waals surface area contributed by atoms with E-state index in [2.05, 4.69) is 5.10 Å². The Hall–Kier alpha value is -2.68. The maximum atomic E-state index is 10.5. The van der Waals surface area contributed by atoms with Crippen LogP contribution in [0.1, 0.15) is 11.1 Å². The summed E-state index contributed by atoms with van der Waals surface area (Å²) in [6.45, 7) is 0.444. The zero-order valence-corrected chi connectivity index (χ0v) is 8.78. The number of rotatable bonds is 3. The van der Waals surface area contributed by atoms with E-state index in [-0.39, 0.29) is 5.69 Å². The highest BCUT2D eigenvalue weighted by atomic mass is 16.6. The van der Waals surface area contributed by atoms with E-state index < -0.39 is 4.92 Å². The predicted octanol–water partition coefficient (Wildman–Crippen LogP) is 1.71. The van der Waals surface area contributed by atoms with E-state index in [4.69, 9.17) is 5.26 Å². The molecule has 2 aromatic rings. The van der Waals surface area contributed by atoms with Crippen LogP contribution in [0.5, 0.6) is 0 Å². The van der Waals surface area contributed by atoms with Crippen molar-refractivity contribution in [2.24, 2.45) is 0 Å². The van der Waals surface area contributed by atoms with Crippen molar-refractivity contribution in [2.45, 2.75) is 6.54 Å². The van der Waals surface area contributed by atoms with Crippen molar-refractivity contribution in [2.75, 3.05) is 0 Å². The topological polar surface area (TPSA) is 84.8 Å². The summed E-state index contributed by atoms with van der Waals surface area (Å²) in [7, 11) is 0. The first-order valence-corrected chi connectivity index (χ1v) is 4.85. The lowest BCUT2D eigenvalue weighted by atomic mass is 10.1. The van der Waals surface area contributed by atoms with Crippen LogP contribution < -0.4 is 0 Å². The molecule has 0 atom stereocenters. The number of hydrogen-bond donors (Lipinski definition) is 0. The number of benzene rings is 1. The molecular weight excluding hydrogens is 220 g/mol. The van der Waals surface area contributed by atoms with Gasteiger partial charge in [0.2, 0.25) is 0 Å². The Kier molecular flexibility index (Phi) is 2.83. The van der Waals surface area contributed by atoms with Crippen LogP contribution in [0.4, 0.5) is 5.69 Å². The van der Waals surface area contributed by atoms with E-state index in [1.807, 2.05) is 6.07 Å². The van der Waals surface area contributed by atoms with E-state index in [1.54, 1.807) is 24.3 Å². The third kappa shape index (κ3) is 2.46. The molecule has 0 amide bonds. The van der Waals surface area contributed by atoms with Crippen molar-refractivity contribution in [3.63, 3.8) is 0 Å². The summed E-state index contributed by atoms with van der Waals surface area (Å²) in [5.74, 6) is 0. The SMILES string of the molecule is N#Cc1ccc(Cn2cc([N+](=O)[O-])cn2)cc1.